The third kappa shape index (κ3) is 4.00. The van der Waals surface area contributed by atoms with Crippen LogP contribution in [0.2, 0.25) is 0 Å². The van der Waals surface area contributed by atoms with Crippen LogP contribution in [0.4, 0.5) is 0 Å². The highest BCUT2D eigenvalue weighted by atomic mass is 79.9. The zero-order chi connectivity index (χ0) is 14.6. The van der Waals surface area contributed by atoms with E-state index in [1.54, 1.807) is 6.92 Å². The van der Waals surface area contributed by atoms with Crippen LogP contribution in [-0.4, -0.2) is 37.2 Å². The molecule has 0 aromatic heterocycles. The van der Waals surface area contributed by atoms with Crippen LogP contribution in [0.15, 0.2) is 27.6 Å². The molecule has 0 amide bonds. The highest BCUT2D eigenvalue weighted by Crippen LogP contribution is 2.21. The number of halogens is 1. The third-order valence-corrected chi connectivity index (χ3v) is 4.72. The fourth-order valence-corrected chi connectivity index (χ4v) is 3.13. The number of nitrogens with one attached hydrogen (secondary N) is 1. The van der Waals surface area contributed by atoms with E-state index in [1.807, 2.05) is 0 Å². The lowest BCUT2D eigenvalue weighted by atomic mass is 10.2. The van der Waals surface area contributed by atoms with Gasteiger partial charge < -0.3 is 10.2 Å². The Morgan fingerprint density at radius 3 is 2.58 bits per heavy atom. The fraction of sp³-hybridized carbons (Fsp3) is 0.364. The van der Waals surface area contributed by atoms with Gasteiger partial charge in [0.05, 0.1) is 17.1 Å². The normalized spacial score (nSPS) is 13.2. The van der Waals surface area contributed by atoms with E-state index in [1.165, 1.54) is 12.1 Å². The second kappa shape index (κ2) is 6.47. The number of aliphatic hydroxyl groups is 1. The van der Waals surface area contributed by atoms with Crippen molar-refractivity contribution in [3.05, 3.63) is 28.2 Å². The number of aromatic carboxylic acids is 1. The number of aliphatic hydroxyl groups excluding tert-OH is 1. The zero-order valence-electron chi connectivity index (χ0n) is 10.1. The highest BCUT2D eigenvalue weighted by Gasteiger charge is 2.21. The van der Waals surface area contributed by atoms with Gasteiger partial charge in [-0.1, -0.05) is 6.92 Å². The summed E-state index contributed by atoms with van der Waals surface area (Å²) >= 11 is 3.04. The maximum absolute atomic E-state index is 12.0. The molecule has 19 heavy (non-hydrogen) atoms. The monoisotopic (exact) mass is 351 g/mol. The summed E-state index contributed by atoms with van der Waals surface area (Å²) in [6.07, 6.45) is 0.429. The molecule has 0 heterocycles. The number of carboxylic acids is 1. The number of carboxylic acid groups (broad SMARTS) is 1. The third-order valence-electron chi connectivity index (χ3n) is 2.51. The Hall–Kier alpha value is -0.960. The summed E-state index contributed by atoms with van der Waals surface area (Å²) in [7, 11) is -3.85. The number of sulfonamides is 1. The second-order valence-corrected chi connectivity index (χ2v) is 6.42. The van der Waals surface area contributed by atoms with Crippen molar-refractivity contribution < 1.29 is 23.4 Å². The molecule has 0 saturated carbocycles. The Kier molecular flexibility index (Phi) is 5.48. The van der Waals surface area contributed by atoms with E-state index in [0.717, 1.165) is 6.07 Å². The lowest BCUT2D eigenvalue weighted by Gasteiger charge is -2.14. The first-order valence-corrected chi connectivity index (χ1v) is 7.75. The van der Waals surface area contributed by atoms with Crippen molar-refractivity contribution in [1.29, 1.82) is 0 Å². The van der Waals surface area contributed by atoms with Gasteiger partial charge in [-0.2, -0.15) is 0 Å². The summed E-state index contributed by atoms with van der Waals surface area (Å²) in [5.74, 6) is -1.22. The van der Waals surface area contributed by atoms with Crippen LogP contribution >= 0.6 is 15.9 Å². The van der Waals surface area contributed by atoms with Gasteiger partial charge in [0.1, 0.15) is 0 Å². The van der Waals surface area contributed by atoms with Gasteiger partial charge in [0, 0.05) is 10.5 Å². The van der Waals surface area contributed by atoms with E-state index in [9.17, 15) is 13.2 Å². The van der Waals surface area contributed by atoms with Crippen molar-refractivity contribution in [2.24, 2.45) is 0 Å². The van der Waals surface area contributed by atoms with Gasteiger partial charge in [-0.3, -0.25) is 0 Å². The van der Waals surface area contributed by atoms with Crippen LogP contribution in [0.3, 0.4) is 0 Å². The fourth-order valence-electron chi connectivity index (χ4n) is 1.37. The molecule has 106 valence electrons. The zero-order valence-corrected chi connectivity index (χ0v) is 12.5. The largest absolute Gasteiger partial charge is 0.478 e. The topological polar surface area (TPSA) is 104 Å². The number of rotatable bonds is 6. The molecule has 8 heteroatoms. The van der Waals surface area contributed by atoms with E-state index in [2.05, 4.69) is 20.7 Å². The van der Waals surface area contributed by atoms with E-state index in [0.29, 0.717) is 10.9 Å². The molecular weight excluding hydrogens is 338 g/mol. The van der Waals surface area contributed by atoms with Gasteiger partial charge in [0.15, 0.2) is 0 Å². The summed E-state index contributed by atoms with van der Waals surface area (Å²) in [5.41, 5.74) is -0.139. The van der Waals surface area contributed by atoms with Crippen LogP contribution in [-0.2, 0) is 10.0 Å². The number of benzene rings is 1. The average Bonchev–Trinajstić information content (AvgIpc) is 2.35. The Morgan fingerprint density at radius 2 is 2.11 bits per heavy atom. The molecule has 0 radical (unpaired) electrons. The van der Waals surface area contributed by atoms with E-state index in [-0.39, 0.29) is 17.1 Å². The first-order chi connectivity index (χ1) is 8.81. The second-order valence-electron chi connectivity index (χ2n) is 3.86. The van der Waals surface area contributed by atoms with E-state index in [4.69, 9.17) is 10.2 Å². The van der Waals surface area contributed by atoms with E-state index < -0.39 is 22.0 Å². The van der Waals surface area contributed by atoms with Gasteiger partial charge in [0.25, 0.3) is 0 Å². The molecule has 0 aliphatic rings. The first kappa shape index (κ1) is 16.1. The quantitative estimate of drug-likeness (QED) is 0.714. The van der Waals surface area contributed by atoms with Crippen molar-refractivity contribution in [2.45, 2.75) is 24.3 Å². The predicted octanol–water partition coefficient (Wildman–Crippen LogP) is 1.20. The molecule has 0 saturated heterocycles. The van der Waals surface area contributed by atoms with Gasteiger partial charge in [0.2, 0.25) is 10.0 Å². The molecule has 1 aromatic carbocycles. The van der Waals surface area contributed by atoms with Gasteiger partial charge in [-0.25, -0.2) is 17.9 Å². The molecule has 6 nitrogen and oxygen atoms in total. The Morgan fingerprint density at radius 1 is 1.47 bits per heavy atom. The molecule has 0 bridgehead atoms. The smallest absolute Gasteiger partial charge is 0.336 e. The predicted molar refractivity (Wildman–Crippen MR) is 72.6 cm³/mol. The van der Waals surface area contributed by atoms with Crippen LogP contribution < -0.4 is 4.72 Å². The maximum atomic E-state index is 12.0. The van der Waals surface area contributed by atoms with Crippen molar-refractivity contribution in [1.82, 2.24) is 4.72 Å². The molecule has 1 aromatic rings. The Labute approximate surface area is 119 Å². The molecule has 0 spiro atoms. The minimum atomic E-state index is -3.85. The van der Waals surface area contributed by atoms with Crippen molar-refractivity contribution in [3.63, 3.8) is 0 Å². The molecule has 1 atom stereocenters. The minimum Gasteiger partial charge on any atom is -0.478 e. The maximum Gasteiger partial charge on any atom is 0.336 e. The number of hydrogen-bond donors (Lipinski definition) is 3. The van der Waals surface area contributed by atoms with Crippen LogP contribution in [0, 0.1) is 0 Å². The highest BCUT2D eigenvalue weighted by molar-refractivity contribution is 9.10. The SMILES string of the molecule is CC[C@H](CO)NS(=O)(=O)c1ccc(Br)c(C(=O)O)c1. The first-order valence-electron chi connectivity index (χ1n) is 5.47. The van der Waals surface area contributed by atoms with Crippen LogP contribution in [0.25, 0.3) is 0 Å². The lowest BCUT2D eigenvalue weighted by Crippen LogP contribution is -2.36. The van der Waals surface area contributed by atoms with Gasteiger partial charge in [-0.05, 0) is 40.5 Å². The molecule has 0 unspecified atom stereocenters. The standard InChI is InChI=1S/C11H14BrNO5S/c1-2-7(6-14)13-19(17,18)8-3-4-10(12)9(5-8)11(15)16/h3-5,7,13-14H,2,6H2,1H3,(H,15,16)/t7-/m1/s1. The van der Waals surface area contributed by atoms with Crippen molar-refractivity contribution >= 4 is 31.9 Å². The minimum absolute atomic E-state index is 0.139. The van der Waals surface area contributed by atoms with Gasteiger partial charge in [-0.15, -0.1) is 0 Å². The summed E-state index contributed by atoms with van der Waals surface area (Å²) in [4.78, 5) is 10.8. The van der Waals surface area contributed by atoms with E-state index >= 15 is 0 Å². The molecule has 1 rings (SSSR count). The lowest BCUT2D eigenvalue weighted by molar-refractivity contribution is 0.0695. The summed E-state index contributed by atoms with van der Waals surface area (Å²) in [6.45, 7) is 1.41. The summed E-state index contributed by atoms with van der Waals surface area (Å²) in [5, 5.41) is 17.9. The molecular formula is C11H14BrNO5S. The average molecular weight is 352 g/mol. The molecule has 3 N–H and O–H groups in total. The molecule has 0 aliphatic heterocycles. The summed E-state index contributed by atoms with van der Waals surface area (Å²) in [6, 6.07) is 3.13. The van der Waals surface area contributed by atoms with Gasteiger partial charge >= 0.3 is 5.97 Å². The van der Waals surface area contributed by atoms with Crippen molar-refractivity contribution in [2.75, 3.05) is 6.61 Å². The van der Waals surface area contributed by atoms with Crippen LogP contribution in [0.5, 0.6) is 0 Å². The van der Waals surface area contributed by atoms with Crippen molar-refractivity contribution in [3.8, 4) is 0 Å². The molecule has 0 aliphatic carbocycles. The number of carbonyl (C=O) groups is 1. The Balaban J connectivity index is 3.15. The number of hydrogen-bond acceptors (Lipinski definition) is 4. The molecule has 0 fully saturated rings. The Bertz CT molecular complexity index is 568. The summed E-state index contributed by atoms with van der Waals surface area (Å²) < 4.78 is 26.6. The van der Waals surface area contributed by atoms with Crippen LogP contribution in [0.1, 0.15) is 23.7 Å².